The van der Waals surface area contributed by atoms with Gasteiger partial charge < -0.3 is 10.6 Å². The second-order valence-electron chi connectivity index (χ2n) is 4.19. The molecule has 2 N–H and O–H groups in total. The van der Waals surface area contributed by atoms with Gasteiger partial charge in [0, 0.05) is 12.6 Å². The molecule has 6 nitrogen and oxygen atoms in total. The van der Waals surface area contributed by atoms with Crippen molar-refractivity contribution in [1.82, 2.24) is 10.6 Å². The Morgan fingerprint density at radius 1 is 1.29 bits per heavy atom. The molecule has 1 rings (SSSR count). The van der Waals surface area contributed by atoms with Gasteiger partial charge in [-0.25, -0.2) is 8.42 Å². The smallest absolute Gasteiger partial charge is 0.229 e. The summed E-state index contributed by atoms with van der Waals surface area (Å²) in [5, 5.41) is 5.15. The van der Waals surface area contributed by atoms with E-state index in [2.05, 4.69) is 10.6 Å². The third kappa shape index (κ3) is 5.16. The van der Waals surface area contributed by atoms with Crippen molar-refractivity contribution in [3.05, 3.63) is 0 Å². The molecule has 1 fully saturated rings. The SMILES string of the molecule is CCCNC(=O)CC(=O)NC1CCS(=O)(=O)C1. The second kappa shape index (κ2) is 6.00. The molecule has 2 amide bonds. The first kappa shape index (κ1) is 14.0. The van der Waals surface area contributed by atoms with Gasteiger partial charge in [-0.3, -0.25) is 9.59 Å². The lowest BCUT2D eigenvalue weighted by Crippen LogP contribution is -2.38. The summed E-state index contributed by atoms with van der Waals surface area (Å²) in [6.07, 6.45) is 1.01. The lowest BCUT2D eigenvalue weighted by atomic mass is 10.2. The van der Waals surface area contributed by atoms with Crippen LogP contribution in [-0.2, 0) is 19.4 Å². The van der Waals surface area contributed by atoms with E-state index >= 15 is 0 Å². The number of sulfone groups is 1. The summed E-state index contributed by atoms with van der Waals surface area (Å²) < 4.78 is 22.3. The van der Waals surface area contributed by atoms with Gasteiger partial charge in [-0.15, -0.1) is 0 Å². The van der Waals surface area contributed by atoms with Gasteiger partial charge in [0.05, 0.1) is 11.5 Å². The van der Waals surface area contributed by atoms with Crippen LogP contribution in [0.5, 0.6) is 0 Å². The molecular weight excluding hydrogens is 244 g/mol. The Morgan fingerprint density at radius 3 is 2.53 bits per heavy atom. The molecule has 0 aromatic rings. The average Bonchev–Trinajstić information content (AvgIpc) is 2.54. The number of rotatable bonds is 5. The van der Waals surface area contributed by atoms with Crippen LogP contribution in [0.2, 0.25) is 0 Å². The molecule has 1 aliphatic rings. The summed E-state index contributed by atoms with van der Waals surface area (Å²) in [5.41, 5.74) is 0. The minimum absolute atomic E-state index is 0.0185. The molecule has 0 aliphatic carbocycles. The largest absolute Gasteiger partial charge is 0.356 e. The van der Waals surface area contributed by atoms with Crippen LogP contribution >= 0.6 is 0 Å². The van der Waals surface area contributed by atoms with Gasteiger partial charge in [0.25, 0.3) is 0 Å². The second-order valence-corrected chi connectivity index (χ2v) is 6.42. The van der Waals surface area contributed by atoms with Crippen LogP contribution in [0.4, 0.5) is 0 Å². The maximum Gasteiger partial charge on any atom is 0.229 e. The molecule has 1 atom stereocenters. The summed E-state index contributed by atoms with van der Waals surface area (Å²) in [6, 6.07) is -0.341. The van der Waals surface area contributed by atoms with Crippen LogP contribution in [0.15, 0.2) is 0 Å². The van der Waals surface area contributed by atoms with Gasteiger partial charge in [0.15, 0.2) is 9.84 Å². The lowest BCUT2D eigenvalue weighted by Gasteiger charge is -2.10. The molecule has 0 aromatic carbocycles. The molecule has 0 bridgehead atoms. The fraction of sp³-hybridized carbons (Fsp3) is 0.800. The molecule has 0 radical (unpaired) electrons. The number of amides is 2. The Morgan fingerprint density at radius 2 is 2.00 bits per heavy atom. The average molecular weight is 262 g/mol. The van der Waals surface area contributed by atoms with Crippen LogP contribution in [0, 0.1) is 0 Å². The van der Waals surface area contributed by atoms with E-state index in [9.17, 15) is 18.0 Å². The van der Waals surface area contributed by atoms with E-state index in [0.717, 1.165) is 6.42 Å². The molecule has 1 unspecified atom stereocenters. The topological polar surface area (TPSA) is 92.3 Å². The van der Waals surface area contributed by atoms with Crippen molar-refractivity contribution >= 4 is 21.7 Å². The first-order valence-electron chi connectivity index (χ1n) is 5.69. The third-order valence-corrected chi connectivity index (χ3v) is 4.26. The zero-order chi connectivity index (χ0) is 12.9. The highest BCUT2D eigenvalue weighted by Crippen LogP contribution is 2.11. The Kier molecular flexibility index (Phi) is 4.92. The minimum atomic E-state index is -3.00. The van der Waals surface area contributed by atoms with Crippen molar-refractivity contribution in [2.75, 3.05) is 18.1 Å². The van der Waals surface area contributed by atoms with Gasteiger partial charge >= 0.3 is 0 Å². The molecule has 0 spiro atoms. The molecule has 98 valence electrons. The van der Waals surface area contributed by atoms with E-state index in [4.69, 9.17) is 0 Å². The molecular formula is C10H18N2O4S. The van der Waals surface area contributed by atoms with Crippen molar-refractivity contribution in [3.8, 4) is 0 Å². The number of carbonyl (C=O) groups is 2. The summed E-state index contributed by atoms with van der Waals surface area (Å²) >= 11 is 0. The van der Waals surface area contributed by atoms with Crippen LogP contribution in [-0.4, -0.2) is 44.3 Å². The summed E-state index contributed by atoms with van der Waals surface area (Å²) in [5.74, 6) is -0.652. The maximum absolute atomic E-state index is 11.4. The molecule has 1 heterocycles. The van der Waals surface area contributed by atoms with Crippen LogP contribution < -0.4 is 10.6 Å². The normalized spacial score (nSPS) is 22.1. The Labute approximate surface area is 101 Å². The highest BCUT2D eigenvalue weighted by Gasteiger charge is 2.29. The number of hydrogen-bond donors (Lipinski definition) is 2. The summed E-state index contributed by atoms with van der Waals surface area (Å²) in [7, 11) is -3.00. The summed E-state index contributed by atoms with van der Waals surface area (Å²) in [4.78, 5) is 22.6. The number of hydrogen-bond acceptors (Lipinski definition) is 4. The quantitative estimate of drug-likeness (QED) is 0.635. The van der Waals surface area contributed by atoms with E-state index < -0.39 is 15.7 Å². The predicted molar refractivity (Wildman–Crippen MR) is 63.1 cm³/mol. The Bertz CT molecular complexity index is 391. The maximum atomic E-state index is 11.4. The lowest BCUT2D eigenvalue weighted by molar-refractivity contribution is -0.129. The van der Waals surface area contributed by atoms with Crippen molar-refractivity contribution in [3.63, 3.8) is 0 Å². The standard InChI is InChI=1S/C10H18N2O4S/c1-2-4-11-9(13)6-10(14)12-8-3-5-17(15,16)7-8/h8H,2-7H2,1H3,(H,11,13)(H,12,14). The van der Waals surface area contributed by atoms with Gasteiger partial charge in [0.2, 0.25) is 11.8 Å². The van der Waals surface area contributed by atoms with Crippen molar-refractivity contribution < 1.29 is 18.0 Å². The highest BCUT2D eigenvalue weighted by molar-refractivity contribution is 7.91. The molecule has 1 saturated heterocycles. The molecule has 0 saturated carbocycles. The van der Waals surface area contributed by atoms with E-state index in [1.807, 2.05) is 6.92 Å². The molecule has 17 heavy (non-hydrogen) atoms. The highest BCUT2D eigenvalue weighted by atomic mass is 32.2. The van der Waals surface area contributed by atoms with Gasteiger partial charge in [0.1, 0.15) is 6.42 Å². The van der Waals surface area contributed by atoms with E-state index in [1.54, 1.807) is 0 Å². The molecule has 7 heteroatoms. The van der Waals surface area contributed by atoms with E-state index in [1.165, 1.54) is 0 Å². The summed E-state index contributed by atoms with van der Waals surface area (Å²) in [6.45, 7) is 2.47. The van der Waals surface area contributed by atoms with E-state index in [-0.39, 0.29) is 29.9 Å². The molecule has 0 aromatic heterocycles. The fourth-order valence-electron chi connectivity index (χ4n) is 1.66. The first-order valence-corrected chi connectivity index (χ1v) is 7.51. The number of carbonyl (C=O) groups excluding carboxylic acids is 2. The van der Waals surface area contributed by atoms with Crippen LogP contribution in [0.3, 0.4) is 0 Å². The van der Waals surface area contributed by atoms with E-state index in [0.29, 0.717) is 13.0 Å². The van der Waals surface area contributed by atoms with Crippen LogP contribution in [0.1, 0.15) is 26.2 Å². The monoisotopic (exact) mass is 262 g/mol. The van der Waals surface area contributed by atoms with Crippen molar-refractivity contribution in [2.24, 2.45) is 0 Å². The van der Waals surface area contributed by atoms with Gasteiger partial charge in [-0.05, 0) is 12.8 Å². The first-order chi connectivity index (χ1) is 7.93. The van der Waals surface area contributed by atoms with Crippen molar-refractivity contribution in [2.45, 2.75) is 32.2 Å². The fourth-order valence-corrected chi connectivity index (χ4v) is 3.33. The Hall–Kier alpha value is -1.11. The minimum Gasteiger partial charge on any atom is -0.356 e. The number of nitrogens with one attached hydrogen (secondary N) is 2. The van der Waals surface area contributed by atoms with Gasteiger partial charge in [-0.2, -0.15) is 0 Å². The van der Waals surface area contributed by atoms with Crippen molar-refractivity contribution in [1.29, 1.82) is 0 Å². The Balaban J connectivity index is 2.28. The van der Waals surface area contributed by atoms with Gasteiger partial charge in [-0.1, -0.05) is 6.92 Å². The molecule has 1 aliphatic heterocycles. The zero-order valence-electron chi connectivity index (χ0n) is 9.86. The predicted octanol–water partition coefficient (Wildman–Crippen LogP) is -0.794. The zero-order valence-corrected chi connectivity index (χ0v) is 10.7. The third-order valence-electron chi connectivity index (χ3n) is 2.49. The van der Waals surface area contributed by atoms with Crippen LogP contribution in [0.25, 0.3) is 0 Å².